The lowest BCUT2D eigenvalue weighted by molar-refractivity contribution is 0.0731. The van der Waals surface area contributed by atoms with Crippen LogP contribution in [0.15, 0.2) is 30.7 Å². The summed E-state index contributed by atoms with van der Waals surface area (Å²) < 4.78 is 13.8. The molecule has 2 heterocycles. The van der Waals surface area contributed by atoms with E-state index in [0.717, 1.165) is 11.0 Å². The molecule has 21 heavy (non-hydrogen) atoms. The highest BCUT2D eigenvalue weighted by Gasteiger charge is 2.18. The maximum atomic E-state index is 12.2. The van der Waals surface area contributed by atoms with E-state index in [4.69, 9.17) is 9.47 Å². The van der Waals surface area contributed by atoms with Crippen LogP contribution >= 0.6 is 0 Å². The molecule has 0 bridgehead atoms. The van der Waals surface area contributed by atoms with E-state index in [1.54, 1.807) is 31.7 Å². The minimum atomic E-state index is -0.518. The Balaban J connectivity index is 1.88. The second kappa shape index (κ2) is 4.93. The van der Waals surface area contributed by atoms with Crippen molar-refractivity contribution in [3.63, 3.8) is 0 Å². The van der Waals surface area contributed by atoms with Gasteiger partial charge in [-0.25, -0.2) is 9.78 Å². The molecular weight excluding hydrogens is 272 g/mol. The van der Waals surface area contributed by atoms with Crippen LogP contribution in [-0.2, 0) is 14.1 Å². The van der Waals surface area contributed by atoms with E-state index in [0.29, 0.717) is 5.75 Å². The average Bonchev–Trinajstić information content (AvgIpc) is 3.02. The highest BCUT2D eigenvalue weighted by molar-refractivity contribution is 5.93. The van der Waals surface area contributed by atoms with E-state index >= 15 is 0 Å². The Labute approximate surface area is 120 Å². The summed E-state index contributed by atoms with van der Waals surface area (Å²) >= 11 is 0. The zero-order valence-electron chi connectivity index (χ0n) is 11.9. The van der Waals surface area contributed by atoms with E-state index in [-0.39, 0.29) is 11.4 Å². The van der Waals surface area contributed by atoms with Crippen molar-refractivity contribution < 1.29 is 14.3 Å². The molecule has 0 aliphatic rings. The number of benzene rings is 1. The SMILES string of the molecule is COc1nn(C)cc1C(=O)Oc1ccc2c(c1)ncn2C. The van der Waals surface area contributed by atoms with Crippen molar-refractivity contribution in [1.29, 1.82) is 0 Å². The van der Waals surface area contributed by atoms with Gasteiger partial charge < -0.3 is 14.0 Å². The third-order valence-electron chi connectivity index (χ3n) is 3.12. The standard InChI is InChI=1S/C14H14N4O3/c1-17-8-15-11-6-9(4-5-12(11)17)21-14(19)10-7-18(2)16-13(10)20-3/h4-8H,1-3H3. The zero-order valence-corrected chi connectivity index (χ0v) is 11.9. The summed E-state index contributed by atoms with van der Waals surface area (Å²) in [6.45, 7) is 0. The lowest BCUT2D eigenvalue weighted by Crippen LogP contribution is -2.09. The molecule has 3 aromatic rings. The van der Waals surface area contributed by atoms with Crippen LogP contribution in [-0.4, -0.2) is 32.4 Å². The van der Waals surface area contributed by atoms with Gasteiger partial charge in [0.25, 0.3) is 0 Å². The summed E-state index contributed by atoms with van der Waals surface area (Å²) in [5.74, 6) is 0.147. The largest absolute Gasteiger partial charge is 0.479 e. The molecule has 0 fully saturated rings. The highest BCUT2D eigenvalue weighted by Crippen LogP contribution is 2.22. The van der Waals surface area contributed by atoms with E-state index in [9.17, 15) is 4.79 Å². The van der Waals surface area contributed by atoms with Gasteiger partial charge in [-0.2, -0.15) is 0 Å². The number of ether oxygens (including phenoxy) is 2. The predicted molar refractivity (Wildman–Crippen MR) is 75.4 cm³/mol. The lowest BCUT2D eigenvalue weighted by atomic mass is 10.3. The van der Waals surface area contributed by atoms with Crippen molar-refractivity contribution in [2.75, 3.05) is 7.11 Å². The third-order valence-corrected chi connectivity index (χ3v) is 3.12. The number of rotatable bonds is 3. The summed E-state index contributed by atoms with van der Waals surface area (Å²) in [6, 6.07) is 5.30. The Kier molecular flexibility index (Phi) is 3.09. The quantitative estimate of drug-likeness (QED) is 0.539. The first-order chi connectivity index (χ1) is 10.1. The van der Waals surface area contributed by atoms with Crippen LogP contribution in [0, 0.1) is 0 Å². The summed E-state index contributed by atoms with van der Waals surface area (Å²) in [5.41, 5.74) is 2.01. The molecule has 0 unspecified atom stereocenters. The van der Waals surface area contributed by atoms with Gasteiger partial charge in [-0.1, -0.05) is 0 Å². The molecule has 0 amide bonds. The molecule has 0 N–H and O–H groups in total. The fourth-order valence-electron chi connectivity index (χ4n) is 2.10. The number of carbonyl (C=O) groups excluding carboxylic acids is 1. The van der Waals surface area contributed by atoms with Gasteiger partial charge in [0.2, 0.25) is 5.88 Å². The zero-order chi connectivity index (χ0) is 15.0. The molecule has 2 aromatic heterocycles. The van der Waals surface area contributed by atoms with Crippen molar-refractivity contribution in [2.45, 2.75) is 0 Å². The van der Waals surface area contributed by atoms with Gasteiger partial charge in [0.05, 0.1) is 24.5 Å². The van der Waals surface area contributed by atoms with Crippen LogP contribution < -0.4 is 9.47 Å². The number of methoxy groups -OCH3 is 1. The normalized spacial score (nSPS) is 10.8. The highest BCUT2D eigenvalue weighted by atomic mass is 16.5. The van der Waals surface area contributed by atoms with Gasteiger partial charge in [-0.3, -0.25) is 4.68 Å². The van der Waals surface area contributed by atoms with E-state index < -0.39 is 5.97 Å². The number of aryl methyl sites for hydroxylation is 2. The van der Waals surface area contributed by atoms with Crippen LogP contribution in [0.25, 0.3) is 11.0 Å². The summed E-state index contributed by atoms with van der Waals surface area (Å²) in [5, 5.41) is 4.02. The van der Waals surface area contributed by atoms with E-state index in [2.05, 4.69) is 10.1 Å². The molecule has 7 heteroatoms. The van der Waals surface area contributed by atoms with Crippen molar-refractivity contribution >= 4 is 17.0 Å². The molecular formula is C14H14N4O3. The number of aromatic nitrogens is 4. The van der Waals surface area contributed by atoms with Crippen LogP contribution in [0.4, 0.5) is 0 Å². The molecule has 0 saturated heterocycles. The van der Waals surface area contributed by atoms with Crippen LogP contribution in [0.5, 0.6) is 11.6 Å². The second-order valence-corrected chi connectivity index (χ2v) is 4.62. The van der Waals surface area contributed by atoms with Crippen molar-refractivity contribution in [3.8, 4) is 11.6 Å². The molecule has 3 rings (SSSR count). The lowest BCUT2D eigenvalue weighted by Gasteiger charge is -2.04. The minimum Gasteiger partial charge on any atom is -0.479 e. The predicted octanol–water partition coefficient (Wildman–Crippen LogP) is 1.53. The maximum Gasteiger partial charge on any atom is 0.350 e. The molecule has 0 aliphatic heterocycles. The molecule has 108 valence electrons. The van der Waals surface area contributed by atoms with Crippen molar-refractivity contribution in [3.05, 3.63) is 36.3 Å². The molecule has 0 spiro atoms. The molecule has 0 aliphatic carbocycles. The number of fused-ring (bicyclic) bond motifs is 1. The van der Waals surface area contributed by atoms with Gasteiger partial charge in [0.1, 0.15) is 11.3 Å². The second-order valence-electron chi connectivity index (χ2n) is 4.62. The van der Waals surface area contributed by atoms with Gasteiger partial charge in [0.15, 0.2) is 0 Å². The van der Waals surface area contributed by atoms with Gasteiger partial charge in [-0.15, -0.1) is 5.10 Å². The Morgan fingerprint density at radius 1 is 1.29 bits per heavy atom. The van der Waals surface area contributed by atoms with Gasteiger partial charge in [0, 0.05) is 26.4 Å². The summed E-state index contributed by atoms with van der Waals surface area (Å²) in [7, 11) is 5.07. The topological polar surface area (TPSA) is 71.2 Å². The molecule has 0 radical (unpaired) electrons. The van der Waals surface area contributed by atoms with Crippen molar-refractivity contribution in [1.82, 2.24) is 19.3 Å². The number of esters is 1. The van der Waals surface area contributed by atoms with E-state index in [1.165, 1.54) is 11.8 Å². The minimum absolute atomic E-state index is 0.237. The summed E-state index contributed by atoms with van der Waals surface area (Å²) in [6.07, 6.45) is 3.26. The molecule has 0 saturated carbocycles. The number of nitrogens with zero attached hydrogens (tertiary/aromatic N) is 4. The number of imidazole rings is 1. The van der Waals surface area contributed by atoms with Crippen molar-refractivity contribution in [2.24, 2.45) is 14.1 Å². The van der Waals surface area contributed by atoms with E-state index in [1.807, 2.05) is 17.7 Å². The summed E-state index contributed by atoms with van der Waals surface area (Å²) in [4.78, 5) is 16.4. The monoisotopic (exact) mass is 286 g/mol. The van der Waals surface area contributed by atoms with Crippen LogP contribution in [0.1, 0.15) is 10.4 Å². The third kappa shape index (κ3) is 2.33. The smallest absolute Gasteiger partial charge is 0.350 e. The average molecular weight is 286 g/mol. The number of hydrogen-bond acceptors (Lipinski definition) is 5. The van der Waals surface area contributed by atoms with Crippen LogP contribution in [0.3, 0.4) is 0 Å². The maximum absolute atomic E-state index is 12.2. The Bertz CT molecular complexity index is 819. The Morgan fingerprint density at radius 2 is 2.10 bits per heavy atom. The first kappa shape index (κ1) is 13.2. The van der Waals surface area contributed by atoms with Gasteiger partial charge >= 0.3 is 5.97 Å². The number of hydrogen-bond donors (Lipinski definition) is 0. The van der Waals surface area contributed by atoms with Gasteiger partial charge in [-0.05, 0) is 12.1 Å². The fraction of sp³-hybridized carbons (Fsp3) is 0.214. The first-order valence-electron chi connectivity index (χ1n) is 6.29. The Hall–Kier alpha value is -2.83. The molecule has 1 aromatic carbocycles. The molecule has 0 atom stereocenters. The van der Waals surface area contributed by atoms with Crippen LogP contribution in [0.2, 0.25) is 0 Å². The molecule has 7 nitrogen and oxygen atoms in total. The first-order valence-corrected chi connectivity index (χ1v) is 6.29. The number of carbonyl (C=O) groups is 1. The fourth-order valence-corrected chi connectivity index (χ4v) is 2.10. The Morgan fingerprint density at radius 3 is 2.86 bits per heavy atom.